The summed E-state index contributed by atoms with van der Waals surface area (Å²) in [6.07, 6.45) is 0.755. The molecule has 1 heterocycles. The van der Waals surface area contributed by atoms with Gasteiger partial charge in [0.15, 0.2) is 11.5 Å². The van der Waals surface area contributed by atoms with Gasteiger partial charge in [0, 0.05) is 10.9 Å². The smallest absolute Gasteiger partial charge is 0.340 e. The molecule has 1 aliphatic rings. The lowest BCUT2D eigenvalue weighted by Gasteiger charge is -2.10. The minimum atomic E-state index is -1.02. The summed E-state index contributed by atoms with van der Waals surface area (Å²) in [4.78, 5) is 11.0. The van der Waals surface area contributed by atoms with E-state index >= 15 is 0 Å². The van der Waals surface area contributed by atoms with Gasteiger partial charge in [0.25, 0.3) is 0 Å². The molecule has 15 heavy (non-hydrogen) atoms. The molecule has 0 aromatic heterocycles. The van der Waals surface area contributed by atoms with Gasteiger partial charge in [0.1, 0.15) is 5.56 Å². The number of fused-ring (bicyclic) bond motifs is 1. The Balaban J connectivity index is 2.56. The number of hydrogen-bond acceptors (Lipinski definition) is 3. The van der Waals surface area contributed by atoms with Crippen LogP contribution >= 0.6 is 15.9 Å². The van der Waals surface area contributed by atoms with Gasteiger partial charge < -0.3 is 14.6 Å². The molecule has 80 valence electrons. The SMILES string of the molecule is O=C(O)c1c(Br)ccc2c1OCCCO2. The van der Waals surface area contributed by atoms with Crippen LogP contribution in [0.5, 0.6) is 11.5 Å². The molecule has 1 aromatic rings. The summed E-state index contributed by atoms with van der Waals surface area (Å²) in [7, 11) is 0. The van der Waals surface area contributed by atoms with Crippen LogP contribution in [-0.4, -0.2) is 24.3 Å². The largest absolute Gasteiger partial charge is 0.490 e. The molecule has 1 aliphatic heterocycles. The van der Waals surface area contributed by atoms with Crippen molar-refractivity contribution < 1.29 is 19.4 Å². The van der Waals surface area contributed by atoms with Crippen LogP contribution in [0.3, 0.4) is 0 Å². The topological polar surface area (TPSA) is 55.8 Å². The third kappa shape index (κ3) is 1.92. The molecule has 0 fully saturated rings. The molecule has 0 atom stereocenters. The van der Waals surface area contributed by atoms with Crippen molar-refractivity contribution in [1.82, 2.24) is 0 Å². The lowest BCUT2D eigenvalue weighted by Crippen LogP contribution is -2.04. The van der Waals surface area contributed by atoms with Crippen molar-refractivity contribution in [3.8, 4) is 11.5 Å². The Labute approximate surface area is 94.9 Å². The molecule has 0 unspecified atom stereocenters. The van der Waals surface area contributed by atoms with Gasteiger partial charge in [-0.05, 0) is 28.1 Å². The number of rotatable bonds is 1. The number of carbonyl (C=O) groups is 1. The van der Waals surface area contributed by atoms with Gasteiger partial charge in [-0.1, -0.05) is 0 Å². The standard InChI is InChI=1S/C10H9BrO4/c11-6-2-3-7-9(8(6)10(12)13)15-5-1-4-14-7/h2-3H,1,4-5H2,(H,12,13). The Morgan fingerprint density at radius 1 is 1.33 bits per heavy atom. The van der Waals surface area contributed by atoms with Crippen molar-refractivity contribution in [2.75, 3.05) is 13.2 Å². The molecule has 5 heteroatoms. The highest BCUT2D eigenvalue weighted by Crippen LogP contribution is 2.37. The number of hydrogen-bond donors (Lipinski definition) is 1. The second-order valence-electron chi connectivity index (χ2n) is 3.11. The summed E-state index contributed by atoms with van der Waals surface area (Å²) in [5, 5.41) is 9.05. The molecule has 1 N–H and O–H groups in total. The zero-order chi connectivity index (χ0) is 10.8. The molecule has 0 saturated carbocycles. The maximum atomic E-state index is 11.0. The van der Waals surface area contributed by atoms with E-state index < -0.39 is 5.97 Å². The first-order valence-electron chi connectivity index (χ1n) is 4.51. The number of ether oxygens (including phenoxy) is 2. The van der Waals surface area contributed by atoms with E-state index in [1.807, 2.05) is 0 Å². The molecule has 0 aliphatic carbocycles. The molecule has 2 rings (SSSR count). The van der Waals surface area contributed by atoms with Crippen molar-refractivity contribution >= 4 is 21.9 Å². The van der Waals surface area contributed by atoms with Crippen LogP contribution in [0.25, 0.3) is 0 Å². The van der Waals surface area contributed by atoms with Gasteiger partial charge in [-0.25, -0.2) is 4.79 Å². The third-order valence-electron chi connectivity index (χ3n) is 2.08. The van der Waals surface area contributed by atoms with Crippen molar-refractivity contribution in [3.05, 3.63) is 22.2 Å². The lowest BCUT2D eigenvalue weighted by atomic mass is 10.2. The van der Waals surface area contributed by atoms with Crippen LogP contribution in [0.4, 0.5) is 0 Å². The average molecular weight is 273 g/mol. The zero-order valence-corrected chi connectivity index (χ0v) is 9.41. The van der Waals surface area contributed by atoms with Gasteiger partial charge in [-0.3, -0.25) is 0 Å². The second-order valence-corrected chi connectivity index (χ2v) is 3.96. The third-order valence-corrected chi connectivity index (χ3v) is 2.74. The van der Waals surface area contributed by atoms with Crippen molar-refractivity contribution in [3.63, 3.8) is 0 Å². The van der Waals surface area contributed by atoms with E-state index in [4.69, 9.17) is 14.6 Å². The maximum Gasteiger partial charge on any atom is 0.340 e. The molecule has 0 radical (unpaired) electrons. The predicted octanol–water partition coefficient (Wildman–Crippen LogP) is 2.31. The van der Waals surface area contributed by atoms with E-state index in [1.54, 1.807) is 12.1 Å². The second kappa shape index (κ2) is 4.10. The Hall–Kier alpha value is -1.23. The molecular formula is C10H9BrO4. The molecule has 4 nitrogen and oxygen atoms in total. The first-order chi connectivity index (χ1) is 7.20. The summed E-state index contributed by atoms with van der Waals surface area (Å²) in [6, 6.07) is 3.36. The maximum absolute atomic E-state index is 11.0. The number of carboxylic acid groups (broad SMARTS) is 1. The fourth-order valence-corrected chi connectivity index (χ4v) is 1.89. The van der Waals surface area contributed by atoms with Crippen LogP contribution in [0.2, 0.25) is 0 Å². The quantitative estimate of drug-likeness (QED) is 0.853. The van der Waals surface area contributed by atoms with Crippen molar-refractivity contribution in [2.24, 2.45) is 0 Å². The molecule has 0 bridgehead atoms. The van der Waals surface area contributed by atoms with Gasteiger partial charge in [-0.2, -0.15) is 0 Å². The number of aromatic carboxylic acids is 1. The van der Waals surface area contributed by atoms with E-state index in [1.165, 1.54) is 0 Å². The number of carboxylic acids is 1. The van der Waals surface area contributed by atoms with Gasteiger partial charge >= 0.3 is 5.97 Å². The first-order valence-corrected chi connectivity index (χ1v) is 5.31. The lowest BCUT2D eigenvalue weighted by molar-refractivity contribution is 0.0691. The Kier molecular flexibility index (Phi) is 2.81. The average Bonchev–Trinajstić information content (AvgIpc) is 2.41. The van der Waals surface area contributed by atoms with Crippen LogP contribution in [0, 0.1) is 0 Å². The summed E-state index contributed by atoms with van der Waals surface area (Å²) in [6.45, 7) is 1.03. The highest BCUT2D eigenvalue weighted by Gasteiger charge is 2.22. The summed E-state index contributed by atoms with van der Waals surface area (Å²) < 4.78 is 11.3. The van der Waals surface area contributed by atoms with Crippen LogP contribution in [0.1, 0.15) is 16.8 Å². The minimum Gasteiger partial charge on any atom is -0.490 e. The van der Waals surface area contributed by atoms with Crippen molar-refractivity contribution in [1.29, 1.82) is 0 Å². The van der Waals surface area contributed by atoms with E-state index in [0.29, 0.717) is 29.2 Å². The highest BCUT2D eigenvalue weighted by atomic mass is 79.9. The minimum absolute atomic E-state index is 0.120. The predicted molar refractivity (Wildman–Crippen MR) is 56.7 cm³/mol. The van der Waals surface area contributed by atoms with Crippen LogP contribution < -0.4 is 9.47 Å². The Morgan fingerprint density at radius 3 is 2.80 bits per heavy atom. The van der Waals surface area contributed by atoms with Crippen molar-refractivity contribution in [2.45, 2.75) is 6.42 Å². The molecule has 0 saturated heterocycles. The normalized spacial score (nSPS) is 14.5. The first kappa shape index (κ1) is 10.3. The number of benzene rings is 1. The molecule has 1 aromatic carbocycles. The van der Waals surface area contributed by atoms with Gasteiger partial charge in [0.2, 0.25) is 0 Å². The van der Waals surface area contributed by atoms with Crippen LogP contribution in [0.15, 0.2) is 16.6 Å². The fourth-order valence-electron chi connectivity index (χ4n) is 1.41. The zero-order valence-electron chi connectivity index (χ0n) is 7.83. The van der Waals surface area contributed by atoms with E-state index in [0.717, 1.165) is 6.42 Å². The Bertz CT molecular complexity index is 403. The fraction of sp³-hybridized carbons (Fsp3) is 0.300. The highest BCUT2D eigenvalue weighted by molar-refractivity contribution is 9.10. The molecule has 0 amide bonds. The summed E-state index contributed by atoms with van der Waals surface area (Å²) in [5.41, 5.74) is 0.120. The summed E-state index contributed by atoms with van der Waals surface area (Å²) >= 11 is 3.19. The van der Waals surface area contributed by atoms with Gasteiger partial charge in [0.05, 0.1) is 13.2 Å². The monoisotopic (exact) mass is 272 g/mol. The van der Waals surface area contributed by atoms with Crippen LogP contribution in [-0.2, 0) is 0 Å². The van der Waals surface area contributed by atoms with Gasteiger partial charge in [-0.15, -0.1) is 0 Å². The Morgan fingerprint density at radius 2 is 2.07 bits per heavy atom. The van der Waals surface area contributed by atoms with E-state index in [2.05, 4.69) is 15.9 Å². The van der Waals surface area contributed by atoms with E-state index in [9.17, 15) is 4.79 Å². The van der Waals surface area contributed by atoms with E-state index in [-0.39, 0.29) is 5.56 Å². The number of halogens is 1. The summed E-state index contributed by atoms with van der Waals surface area (Å²) in [5.74, 6) is -0.216. The molecule has 0 spiro atoms. The molecular weight excluding hydrogens is 264 g/mol.